The molecule has 7 heteroatoms. The van der Waals surface area contributed by atoms with Crippen molar-refractivity contribution in [3.8, 4) is 5.75 Å². The molecule has 2 aromatic rings. The summed E-state index contributed by atoms with van der Waals surface area (Å²) in [5.74, 6) is 1.68. The monoisotopic (exact) mass is 398 g/mol. The summed E-state index contributed by atoms with van der Waals surface area (Å²) in [5, 5.41) is 0. The second kappa shape index (κ2) is 10.0. The Morgan fingerprint density at radius 2 is 1.93 bits per heavy atom. The zero-order chi connectivity index (χ0) is 19.9. The van der Waals surface area contributed by atoms with Gasteiger partial charge in [-0.25, -0.2) is 9.97 Å². The third-order valence-electron chi connectivity index (χ3n) is 5.43. The minimum atomic E-state index is 0.300. The molecule has 3 heterocycles. The van der Waals surface area contributed by atoms with E-state index in [0.29, 0.717) is 6.10 Å². The minimum Gasteiger partial charge on any atom is -0.497 e. The molecule has 0 aliphatic carbocycles. The van der Waals surface area contributed by atoms with Crippen molar-refractivity contribution in [2.24, 2.45) is 0 Å². The molecule has 0 unspecified atom stereocenters. The van der Waals surface area contributed by atoms with Gasteiger partial charge in [-0.05, 0) is 36.6 Å². The van der Waals surface area contributed by atoms with Crippen molar-refractivity contribution in [3.63, 3.8) is 0 Å². The van der Waals surface area contributed by atoms with Gasteiger partial charge in [-0.2, -0.15) is 0 Å². The van der Waals surface area contributed by atoms with Crippen molar-refractivity contribution in [1.82, 2.24) is 14.9 Å². The van der Waals surface area contributed by atoms with Gasteiger partial charge in [-0.15, -0.1) is 0 Å². The highest BCUT2D eigenvalue weighted by atomic mass is 16.5. The number of nitrogens with zero attached hydrogens (tertiary/aromatic N) is 4. The molecule has 0 saturated carbocycles. The van der Waals surface area contributed by atoms with E-state index in [-0.39, 0.29) is 0 Å². The molecule has 0 bridgehead atoms. The minimum absolute atomic E-state index is 0.300. The highest BCUT2D eigenvalue weighted by Crippen LogP contribution is 2.19. The van der Waals surface area contributed by atoms with Crippen molar-refractivity contribution < 1.29 is 14.2 Å². The Hall–Kier alpha value is -2.22. The number of ether oxygens (including phenoxy) is 3. The van der Waals surface area contributed by atoms with E-state index in [2.05, 4.69) is 26.9 Å². The van der Waals surface area contributed by atoms with E-state index < -0.39 is 0 Å². The maximum atomic E-state index is 5.90. The summed E-state index contributed by atoms with van der Waals surface area (Å²) in [7, 11) is 1.69. The number of anilines is 1. The second-order valence-electron chi connectivity index (χ2n) is 7.60. The highest BCUT2D eigenvalue weighted by Gasteiger charge is 2.21. The largest absolute Gasteiger partial charge is 0.497 e. The SMILES string of the molecule is COc1ccc(CN(Cc2ccnc(N3CCOCC3)n2)C[C@H]2CCCO2)cc1. The number of methoxy groups -OCH3 is 1. The lowest BCUT2D eigenvalue weighted by atomic mass is 10.1. The summed E-state index contributed by atoms with van der Waals surface area (Å²) in [4.78, 5) is 13.9. The normalized spacial score (nSPS) is 19.7. The van der Waals surface area contributed by atoms with Crippen LogP contribution in [0.5, 0.6) is 5.75 Å². The van der Waals surface area contributed by atoms with Gasteiger partial charge in [0, 0.05) is 45.5 Å². The smallest absolute Gasteiger partial charge is 0.225 e. The Bertz CT molecular complexity index is 759. The second-order valence-corrected chi connectivity index (χ2v) is 7.60. The molecule has 1 atom stereocenters. The molecule has 0 amide bonds. The fourth-order valence-corrected chi connectivity index (χ4v) is 3.87. The summed E-state index contributed by atoms with van der Waals surface area (Å²) < 4.78 is 16.6. The van der Waals surface area contributed by atoms with Crippen LogP contribution in [0.25, 0.3) is 0 Å². The van der Waals surface area contributed by atoms with E-state index in [0.717, 1.165) is 82.8 Å². The van der Waals surface area contributed by atoms with Crippen LogP contribution in [0.4, 0.5) is 5.95 Å². The van der Waals surface area contributed by atoms with Crippen molar-refractivity contribution in [3.05, 3.63) is 47.8 Å². The van der Waals surface area contributed by atoms with Gasteiger partial charge in [0.15, 0.2) is 0 Å². The van der Waals surface area contributed by atoms with Crippen LogP contribution in [0, 0.1) is 0 Å². The van der Waals surface area contributed by atoms with Gasteiger partial charge in [-0.3, -0.25) is 4.90 Å². The van der Waals surface area contributed by atoms with Crippen LogP contribution in [0.2, 0.25) is 0 Å². The van der Waals surface area contributed by atoms with E-state index in [1.165, 1.54) is 5.56 Å². The topological polar surface area (TPSA) is 60.0 Å². The molecule has 2 aliphatic heterocycles. The van der Waals surface area contributed by atoms with Gasteiger partial charge in [0.2, 0.25) is 5.95 Å². The fraction of sp³-hybridized carbons (Fsp3) is 0.545. The van der Waals surface area contributed by atoms with Crippen molar-refractivity contribution >= 4 is 5.95 Å². The van der Waals surface area contributed by atoms with Gasteiger partial charge in [0.05, 0.1) is 32.1 Å². The summed E-state index contributed by atoms with van der Waals surface area (Å²) >= 11 is 0. The first-order valence-corrected chi connectivity index (χ1v) is 10.4. The number of morpholine rings is 1. The molecule has 2 aliphatic rings. The zero-order valence-electron chi connectivity index (χ0n) is 17.1. The predicted molar refractivity (Wildman–Crippen MR) is 111 cm³/mol. The van der Waals surface area contributed by atoms with Crippen molar-refractivity contribution in [1.29, 1.82) is 0 Å². The molecule has 29 heavy (non-hydrogen) atoms. The standard InChI is InChI=1S/C22H30N4O3/c1-27-20-6-4-18(5-7-20)15-25(17-21-3-2-12-29-21)16-19-8-9-23-22(24-19)26-10-13-28-14-11-26/h4-9,21H,2-3,10-17H2,1H3/t21-/m1/s1. The average Bonchev–Trinajstić information content (AvgIpc) is 3.28. The molecule has 2 saturated heterocycles. The number of benzene rings is 1. The van der Waals surface area contributed by atoms with Crippen LogP contribution in [0.1, 0.15) is 24.1 Å². The van der Waals surface area contributed by atoms with E-state index >= 15 is 0 Å². The molecule has 156 valence electrons. The Morgan fingerprint density at radius 1 is 1.10 bits per heavy atom. The van der Waals surface area contributed by atoms with Crippen LogP contribution < -0.4 is 9.64 Å². The van der Waals surface area contributed by atoms with E-state index in [1.54, 1.807) is 7.11 Å². The van der Waals surface area contributed by atoms with E-state index in [9.17, 15) is 0 Å². The first-order chi connectivity index (χ1) is 14.3. The maximum absolute atomic E-state index is 5.90. The zero-order valence-corrected chi connectivity index (χ0v) is 17.1. The maximum Gasteiger partial charge on any atom is 0.225 e. The van der Waals surface area contributed by atoms with Crippen LogP contribution >= 0.6 is 0 Å². The lowest BCUT2D eigenvalue weighted by molar-refractivity contribution is 0.0674. The Balaban J connectivity index is 1.46. The summed E-state index contributed by atoms with van der Waals surface area (Å²) in [6.07, 6.45) is 4.44. The van der Waals surface area contributed by atoms with Crippen molar-refractivity contribution in [2.45, 2.75) is 32.0 Å². The summed E-state index contributed by atoms with van der Waals surface area (Å²) in [6, 6.07) is 10.3. The summed E-state index contributed by atoms with van der Waals surface area (Å²) in [5.41, 5.74) is 2.29. The molecular formula is C22H30N4O3. The fourth-order valence-electron chi connectivity index (χ4n) is 3.87. The number of rotatable bonds is 8. The van der Waals surface area contributed by atoms with Gasteiger partial charge >= 0.3 is 0 Å². The molecule has 0 radical (unpaired) electrons. The van der Waals surface area contributed by atoms with Gasteiger partial charge in [-0.1, -0.05) is 12.1 Å². The van der Waals surface area contributed by atoms with Gasteiger partial charge in [0.1, 0.15) is 5.75 Å². The lowest BCUT2D eigenvalue weighted by Gasteiger charge is -2.28. The summed E-state index contributed by atoms with van der Waals surface area (Å²) in [6.45, 7) is 6.54. The number of hydrogen-bond acceptors (Lipinski definition) is 7. The van der Waals surface area contributed by atoms with Gasteiger partial charge in [0.25, 0.3) is 0 Å². The Labute approximate surface area is 172 Å². The van der Waals surface area contributed by atoms with E-state index in [4.69, 9.17) is 19.2 Å². The van der Waals surface area contributed by atoms with Crippen LogP contribution in [0.15, 0.2) is 36.5 Å². The molecule has 1 aromatic carbocycles. The highest BCUT2D eigenvalue weighted by molar-refractivity contribution is 5.31. The first-order valence-electron chi connectivity index (χ1n) is 10.4. The molecular weight excluding hydrogens is 368 g/mol. The molecule has 0 N–H and O–H groups in total. The Kier molecular flexibility index (Phi) is 6.92. The first kappa shape index (κ1) is 20.1. The third kappa shape index (κ3) is 5.65. The molecule has 7 nitrogen and oxygen atoms in total. The van der Waals surface area contributed by atoms with E-state index in [1.807, 2.05) is 24.4 Å². The molecule has 0 spiro atoms. The Morgan fingerprint density at radius 3 is 2.66 bits per heavy atom. The number of hydrogen-bond donors (Lipinski definition) is 0. The van der Waals surface area contributed by atoms with Crippen LogP contribution in [0.3, 0.4) is 0 Å². The third-order valence-corrected chi connectivity index (χ3v) is 5.43. The van der Waals surface area contributed by atoms with Crippen LogP contribution in [-0.4, -0.2) is 67.5 Å². The quantitative estimate of drug-likeness (QED) is 0.677. The predicted octanol–water partition coefficient (Wildman–Crippen LogP) is 2.50. The van der Waals surface area contributed by atoms with Gasteiger partial charge < -0.3 is 19.1 Å². The van der Waals surface area contributed by atoms with Crippen LogP contribution in [-0.2, 0) is 22.6 Å². The number of aromatic nitrogens is 2. The molecule has 4 rings (SSSR count). The average molecular weight is 399 g/mol. The van der Waals surface area contributed by atoms with Crippen molar-refractivity contribution in [2.75, 3.05) is 51.5 Å². The molecule has 2 fully saturated rings. The molecule has 1 aromatic heterocycles. The lowest BCUT2D eigenvalue weighted by Crippen LogP contribution is -2.37.